The summed E-state index contributed by atoms with van der Waals surface area (Å²) in [4.78, 5) is 37.2. The van der Waals surface area contributed by atoms with E-state index in [1.54, 1.807) is 7.05 Å². The van der Waals surface area contributed by atoms with Crippen molar-refractivity contribution in [3.63, 3.8) is 0 Å². The van der Waals surface area contributed by atoms with Gasteiger partial charge in [0.1, 0.15) is 17.1 Å². The lowest BCUT2D eigenvalue weighted by molar-refractivity contribution is -0.148. The molecule has 3 N–H and O–H groups in total. The van der Waals surface area contributed by atoms with Gasteiger partial charge in [-0.05, 0) is 16.0 Å². The quantitative estimate of drug-likeness (QED) is 0.305. The van der Waals surface area contributed by atoms with Crippen LogP contribution in [0.4, 0.5) is 4.79 Å². The van der Waals surface area contributed by atoms with Crippen molar-refractivity contribution in [2.75, 3.05) is 18.1 Å². The average Bonchev–Trinajstić information content (AvgIpc) is 3.06. The Morgan fingerprint density at radius 1 is 1.52 bits per heavy atom. The number of fused-ring (bicyclic) bond motifs is 1. The third kappa shape index (κ3) is 3.78. The monoisotopic (exact) mass is 411 g/mol. The summed E-state index contributed by atoms with van der Waals surface area (Å²) in [5.41, 5.74) is 0.579. The molecular weight excluding hydrogens is 394 g/mol. The molecule has 2 aliphatic heterocycles. The summed E-state index contributed by atoms with van der Waals surface area (Å²) in [6.45, 7) is 3.77. The van der Waals surface area contributed by atoms with Crippen LogP contribution in [0.2, 0.25) is 0 Å². The maximum atomic E-state index is 12.5. The highest BCUT2D eigenvalue weighted by atomic mass is 32.2. The van der Waals surface area contributed by atoms with Crippen molar-refractivity contribution in [2.24, 2.45) is 7.05 Å². The Morgan fingerprint density at radius 2 is 2.30 bits per heavy atom. The summed E-state index contributed by atoms with van der Waals surface area (Å²) in [6.07, 6.45) is 1.52. The van der Waals surface area contributed by atoms with Gasteiger partial charge in [-0.3, -0.25) is 9.69 Å². The lowest BCUT2D eigenvalue weighted by Crippen LogP contribution is -2.71. The summed E-state index contributed by atoms with van der Waals surface area (Å²) in [7, 11) is 1.69. The molecule has 0 saturated carbocycles. The lowest BCUT2D eigenvalue weighted by Gasteiger charge is -2.49. The Labute approximate surface area is 162 Å². The fourth-order valence-corrected chi connectivity index (χ4v) is 4.98. The summed E-state index contributed by atoms with van der Waals surface area (Å²) >= 11 is 2.71. The lowest BCUT2D eigenvalue weighted by atomic mass is 10.0. The number of aryl methyl sites for hydroxylation is 1. The highest BCUT2D eigenvalue weighted by Gasteiger charge is 2.54. The number of hydrogen-bond donors (Lipinski definition) is 3. The number of β-lactam (4-membered cyclic amide) rings is 1. The number of carboxylic acids is 1. The van der Waals surface area contributed by atoms with Crippen LogP contribution in [0, 0.1) is 0 Å². The molecule has 1 fully saturated rings. The van der Waals surface area contributed by atoms with E-state index < -0.39 is 29.3 Å². The third-order valence-corrected chi connectivity index (χ3v) is 6.34. The summed E-state index contributed by atoms with van der Waals surface area (Å²) in [6, 6.07) is -1.25. The van der Waals surface area contributed by atoms with Crippen LogP contribution < -0.4 is 10.6 Å². The van der Waals surface area contributed by atoms with Gasteiger partial charge in [0.2, 0.25) is 5.16 Å². The van der Waals surface area contributed by atoms with Crippen LogP contribution in [0.15, 0.2) is 29.1 Å². The molecule has 0 aliphatic carbocycles. The second-order valence-corrected chi connectivity index (χ2v) is 7.71. The van der Waals surface area contributed by atoms with Gasteiger partial charge in [-0.15, -0.1) is 23.4 Å². The van der Waals surface area contributed by atoms with Gasteiger partial charge in [0.15, 0.2) is 0 Å². The van der Waals surface area contributed by atoms with Crippen molar-refractivity contribution in [1.82, 2.24) is 35.7 Å². The molecule has 0 radical (unpaired) electrons. The van der Waals surface area contributed by atoms with Crippen LogP contribution in [0.25, 0.3) is 0 Å². The Kier molecular flexibility index (Phi) is 5.70. The number of aliphatic carboxylic acids is 1. The van der Waals surface area contributed by atoms with E-state index in [1.165, 1.54) is 39.2 Å². The Bertz CT molecular complexity index is 824. The van der Waals surface area contributed by atoms with E-state index in [9.17, 15) is 19.5 Å². The number of nitrogens with one attached hydrogen (secondary N) is 2. The molecule has 1 unspecified atom stereocenters. The van der Waals surface area contributed by atoms with Gasteiger partial charge in [0.05, 0.1) is 0 Å². The minimum absolute atomic E-state index is 0.0315. The molecule has 1 saturated heterocycles. The van der Waals surface area contributed by atoms with Crippen LogP contribution >= 0.6 is 23.5 Å². The average molecular weight is 411 g/mol. The van der Waals surface area contributed by atoms with Gasteiger partial charge in [-0.25, -0.2) is 14.3 Å². The molecule has 27 heavy (non-hydrogen) atoms. The van der Waals surface area contributed by atoms with E-state index in [-0.39, 0.29) is 12.2 Å². The van der Waals surface area contributed by atoms with E-state index in [0.717, 1.165) is 0 Å². The molecule has 1 aromatic heterocycles. The second-order valence-electron chi connectivity index (χ2n) is 5.66. The number of thioether (sulfide) groups is 2. The molecule has 2 aliphatic rings. The Balaban J connectivity index is 1.71. The van der Waals surface area contributed by atoms with Crippen molar-refractivity contribution in [3.8, 4) is 0 Å². The number of hydrogen-bond acceptors (Lipinski definition) is 8. The molecule has 3 amide bonds. The first kappa shape index (κ1) is 19.2. The van der Waals surface area contributed by atoms with Crippen molar-refractivity contribution in [1.29, 1.82) is 0 Å². The van der Waals surface area contributed by atoms with Gasteiger partial charge in [-0.1, -0.05) is 17.8 Å². The normalized spacial score (nSPS) is 21.4. The van der Waals surface area contributed by atoms with Crippen molar-refractivity contribution in [3.05, 3.63) is 23.9 Å². The van der Waals surface area contributed by atoms with Crippen molar-refractivity contribution in [2.45, 2.75) is 16.6 Å². The van der Waals surface area contributed by atoms with E-state index in [2.05, 4.69) is 32.7 Å². The third-order valence-electron chi connectivity index (χ3n) is 3.90. The zero-order valence-corrected chi connectivity index (χ0v) is 15.9. The van der Waals surface area contributed by atoms with Gasteiger partial charge in [0.25, 0.3) is 5.91 Å². The summed E-state index contributed by atoms with van der Waals surface area (Å²) < 4.78 is 1.49. The second kappa shape index (κ2) is 8.00. The summed E-state index contributed by atoms with van der Waals surface area (Å²) in [5, 5.41) is 25.9. The molecular formula is C14H17N7O4S2. The van der Waals surface area contributed by atoms with Crippen LogP contribution in [-0.2, 0) is 16.6 Å². The molecule has 0 spiro atoms. The predicted molar refractivity (Wildman–Crippen MR) is 97.8 cm³/mol. The zero-order chi connectivity index (χ0) is 19.6. The highest BCUT2D eigenvalue weighted by Crippen LogP contribution is 2.41. The fourth-order valence-electron chi connectivity index (χ4n) is 2.65. The number of urea groups is 1. The molecule has 13 heteroatoms. The van der Waals surface area contributed by atoms with E-state index in [1.807, 2.05) is 0 Å². The van der Waals surface area contributed by atoms with Gasteiger partial charge < -0.3 is 15.7 Å². The Morgan fingerprint density at radius 3 is 2.93 bits per heavy atom. The molecule has 11 nitrogen and oxygen atoms in total. The van der Waals surface area contributed by atoms with E-state index in [4.69, 9.17) is 0 Å². The van der Waals surface area contributed by atoms with Gasteiger partial charge in [-0.2, -0.15) is 0 Å². The highest BCUT2D eigenvalue weighted by molar-refractivity contribution is 8.01. The molecule has 144 valence electrons. The van der Waals surface area contributed by atoms with Crippen LogP contribution in [0.3, 0.4) is 0 Å². The number of carboxylic acid groups (broad SMARTS) is 1. The van der Waals surface area contributed by atoms with Crippen LogP contribution in [0.5, 0.6) is 0 Å². The van der Waals surface area contributed by atoms with Crippen molar-refractivity contribution < 1.29 is 19.5 Å². The standard InChI is InChI=1S/C14H17N7O4S2/c1-3-4-15-13(25)16-8-10(22)21-9(12(23)24)7(5-26-11(8)21)6-27-14-17-18-19-20(14)2/h3,8,11H,1,4-6H2,2H3,(H,23,24)(H2,15,16,25)/t8?,11-/m1/s1. The largest absolute Gasteiger partial charge is 0.477 e. The smallest absolute Gasteiger partial charge is 0.352 e. The SMILES string of the molecule is C=CCNC(=O)NC1C(=O)N2C(C(=O)O)=C(CSc3nnnn3C)CS[C@H]12. The molecule has 1 aromatic rings. The minimum Gasteiger partial charge on any atom is -0.477 e. The molecule has 3 heterocycles. The number of carbonyl (C=O) groups is 3. The molecule has 0 aromatic carbocycles. The first-order valence-corrected chi connectivity index (χ1v) is 9.88. The maximum Gasteiger partial charge on any atom is 0.352 e. The number of carbonyl (C=O) groups excluding carboxylic acids is 2. The Hall–Kier alpha value is -2.54. The maximum absolute atomic E-state index is 12.5. The van der Waals surface area contributed by atoms with Gasteiger partial charge in [0, 0.05) is 25.1 Å². The topological polar surface area (TPSA) is 142 Å². The number of nitrogens with zero attached hydrogens (tertiary/aromatic N) is 5. The van der Waals surface area contributed by atoms with Crippen LogP contribution in [0.1, 0.15) is 0 Å². The molecule has 2 atom stereocenters. The minimum atomic E-state index is -1.17. The summed E-state index contributed by atoms with van der Waals surface area (Å²) in [5.74, 6) is -0.839. The number of tetrazole rings is 1. The van der Waals surface area contributed by atoms with Gasteiger partial charge >= 0.3 is 12.0 Å². The number of rotatable bonds is 7. The van der Waals surface area contributed by atoms with E-state index >= 15 is 0 Å². The first-order valence-electron chi connectivity index (χ1n) is 7.84. The zero-order valence-electron chi connectivity index (χ0n) is 14.3. The fraction of sp³-hybridized carbons (Fsp3) is 0.429. The number of amides is 3. The van der Waals surface area contributed by atoms with E-state index in [0.29, 0.717) is 22.2 Å². The molecule has 3 rings (SSSR count). The van der Waals surface area contributed by atoms with Crippen LogP contribution in [-0.4, -0.2) is 77.6 Å². The van der Waals surface area contributed by atoms with Crippen molar-refractivity contribution >= 4 is 41.4 Å². The first-order chi connectivity index (χ1) is 12.9. The number of aromatic nitrogens is 4. The molecule has 0 bridgehead atoms. The predicted octanol–water partition coefficient (Wildman–Crippen LogP) is -0.590.